The zero-order chi connectivity index (χ0) is 16.7. The van der Waals surface area contributed by atoms with Crippen LogP contribution in [0.2, 0.25) is 0 Å². The van der Waals surface area contributed by atoms with E-state index in [1.165, 1.54) is 25.3 Å². The molecular formula is C17H16FN3O2. The number of halogens is 1. The average molecular weight is 313 g/mol. The fraction of sp³-hybridized carbons (Fsp3) is 0.0588. The van der Waals surface area contributed by atoms with Gasteiger partial charge in [0.15, 0.2) is 0 Å². The van der Waals surface area contributed by atoms with Crippen LogP contribution in [0.1, 0.15) is 12.5 Å². The van der Waals surface area contributed by atoms with Crippen molar-refractivity contribution in [1.29, 1.82) is 0 Å². The van der Waals surface area contributed by atoms with Crippen molar-refractivity contribution in [2.75, 3.05) is 10.6 Å². The van der Waals surface area contributed by atoms with Gasteiger partial charge in [0.2, 0.25) is 5.91 Å². The molecular weight excluding hydrogens is 297 g/mol. The number of benzene rings is 2. The van der Waals surface area contributed by atoms with E-state index in [0.717, 1.165) is 0 Å². The van der Waals surface area contributed by atoms with Crippen LogP contribution in [-0.2, 0) is 4.79 Å². The third-order valence-corrected chi connectivity index (χ3v) is 2.80. The number of amides is 3. The van der Waals surface area contributed by atoms with E-state index in [-0.39, 0.29) is 11.7 Å². The molecule has 2 aromatic rings. The molecule has 3 amide bonds. The maximum Gasteiger partial charge on any atom is 0.323 e. The Kier molecular flexibility index (Phi) is 5.46. The summed E-state index contributed by atoms with van der Waals surface area (Å²) in [5.41, 5.74) is 1.87. The lowest BCUT2D eigenvalue weighted by Gasteiger charge is -2.06. The molecule has 0 unspecified atom stereocenters. The lowest BCUT2D eigenvalue weighted by Crippen LogP contribution is -2.23. The highest BCUT2D eigenvalue weighted by Gasteiger charge is 2.00. The first kappa shape index (κ1) is 16.2. The van der Waals surface area contributed by atoms with Gasteiger partial charge >= 0.3 is 6.03 Å². The Bertz CT molecular complexity index is 727. The van der Waals surface area contributed by atoms with Crippen LogP contribution in [0.4, 0.5) is 20.6 Å². The van der Waals surface area contributed by atoms with Crippen LogP contribution in [0, 0.1) is 5.82 Å². The van der Waals surface area contributed by atoms with E-state index in [1.807, 2.05) is 0 Å². The van der Waals surface area contributed by atoms with Gasteiger partial charge in [0.05, 0.1) is 0 Å². The minimum Gasteiger partial charge on any atom is -0.326 e. The minimum atomic E-state index is -0.426. The average Bonchev–Trinajstić information content (AvgIpc) is 2.49. The molecule has 0 fully saturated rings. The number of anilines is 2. The summed E-state index contributed by atoms with van der Waals surface area (Å²) in [6.07, 6.45) is 3.01. The molecule has 0 bridgehead atoms. The van der Waals surface area contributed by atoms with Crippen LogP contribution in [0.3, 0.4) is 0 Å². The Morgan fingerprint density at radius 2 is 1.65 bits per heavy atom. The predicted molar refractivity (Wildman–Crippen MR) is 88.3 cm³/mol. The van der Waals surface area contributed by atoms with E-state index < -0.39 is 6.03 Å². The fourth-order valence-corrected chi connectivity index (χ4v) is 1.83. The molecule has 0 saturated carbocycles. The second-order valence-corrected chi connectivity index (χ2v) is 4.75. The first-order valence-corrected chi connectivity index (χ1v) is 6.90. The summed E-state index contributed by atoms with van der Waals surface area (Å²) < 4.78 is 13.0. The SMILES string of the molecule is CC(=O)Nc1ccc(NC(=O)N/C=C/c2cccc(F)c2)cc1. The molecule has 2 rings (SSSR count). The van der Waals surface area contributed by atoms with Gasteiger partial charge in [-0.1, -0.05) is 12.1 Å². The smallest absolute Gasteiger partial charge is 0.323 e. The third-order valence-electron chi connectivity index (χ3n) is 2.80. The zero-order valence-corrected chi connectivity index (χ0v) is 12.5. The summed E-state index contributed by atoms with van der Waals surface area (Å²) in [4.78, 5) is 22.6. The first-order valence-electron chi connectivity index (χ1n) is 6.90. The Hall–Kier alpha value is -3.15. The van der Waals surface area contributed by atoms with Crippen molar-refractivity contribution >= 4 is 29.4 Å². The van der Waals surface area contributed by atoms with E-state index in [9.17, 15) is 14.0 Å². The van der Waals surface area contributed by atoms with Gasteiger partial charge in [-0.25, -0.2) is 9.18 Å². The first-order chi connectivity index (χ1) is 11.0. The second-order valence-electron chi connectivity index (χ2n) is 4.75. The summed E-state index contributed by atoms with van der Waals surface area (Å²) in [5.74, 6) is -0.498. The van der Waals surface area contributed by atoms with Crippen LogP contribution in [0.5, 0.6) is 0 Å². The van der Waals surface area contributed by atoms with Gasteiger partial charge < -0.3 is 16.0 Å². The molecule has 0 aliphatic carbocycles. The van der Waals surface area contributed by atoms with Crippen molar-refractivity contribution in [3.63, 3.8) is 0 Å². The number of nitrogens with one attached hydrogen (secondary N) is 3. The largest absolute Gasteiger partial charge is 0.326 e. The number of hydrogen-bond acceptors (Lipinski definition) is 2. The quantitative estimate of drug-likeness (QED) is 0.807. The van der Waals surface area contributed by atoms with Gasteiger partial charge in [-0.3, -0.25) is 4.79 Å². The molecule has 2 aromatic carbocycles. The van der Waals surface area contributed by atoms with Gasteiger partial charge in [0.1, 0.15) is 5.82 Å². The molecule has 0 heterocycles. The molecule has 5 nitrogen and oxygen atoms in total. The van der Waals surface area contributed by atoms with Crippen LogP contribution in [-0.4, -0.2) is 11.9 Å². The van der Waals surface area contributed by atoms with Crippen LogP contribution in [0.15, 0.2) is 54.7 Å². The van der Waals surface area contributed by atoms with Crippen molar-refractivity contribution in [2.24, 2.45) is 0 Å². The summed E-state index contributed by atoms with van der Waals surface area (Å²) in [6.45, 7) is 1.42. The van der Waals surface area contributed by atoms with Crippen molar-refractivity contribution in [2.45, 2.75) is 6.92 Å². The van der Waals surface area contributed by atoms with Gasteiger partial charge in [-0.15, -0.1) is 0 Å². The van der Waals surface area contributed by atoms with Gasteiger partial charge in [-0.2, -0.15) is 0 Å². The lowest BCUT2D eigenvalue weighted by atomic mass is 10.2. The molecule has 0 aliphatic heterocycles. The van der Waals surface area contributed by atoms with Crippen LogP contribution < -0.4 is 16.0 Å². The van der Waals surface area contributed by atoms with E-state index in [2.05, 4.69) is 16.0 Å². The van der Waals surface area contributed by atoms with Crippen molar-refractivity contribution in [3.05, 3.63) is 66.1 Å². The van der Waals surface area contributed by atoms with E-state index in [4.69, 9.17) is 0 Å². The van der Waals surface area contributed by atoms with E-state index in [0.29, 0.717) is 16.9 Å². The van der Waals surface area contributed by atoms with Crippen LogP contribution >= 0.6 is 0 Å². The molecule has 23 heavy (non-hydrogen) atoms. The zero-order valence-electron chi connectivity index (χ0n) is 12.5. The number of hydrogen-bond donors (Lipinski definition) is 3. The molecule has 6 heteroatoms. The minimum absolute atomic E-state index is 0.161. The molecule has 0 radical (unpaired) electrons. The fourth-order valence-electron chi connectivity index (χ4n) is 1.83. The van der Waals surface area contributed by atoms with Gasteiger partial charge in [-0.05, 0) is 48.0 Å². The second kappa shape index (κ2) is 7.74. The summed E-state index contributed by atoms with van der Waals surface area (Å²) in [7, 11) is 0. The monoisotopic (exact) mass is 313 g/mol. The maximum absolute atomic E-state index is 13.0. The number of urea groups is 1. The van der Waals surface area contributed by atoms with Gasteiger partial charge in [0, 0.05) is 24.5 Å². The Balaban J connectivity index is 1.86. The Morgan fingerprint density at radius 3 is 2.26 bits per heavy atom. The molecule has 0 spiro atoms. The van der Waals surface area contributed by atoms with Crippen molar-refractivity contribution in [1.82, 2.24) is 5.32 Å². The normalized spacial score (nSPS) is 10.3. The summed E-state index contributed by atoms with van der Waals surface area (Å²) in [5, 5.41) is 7.79. The van der Waals surface area contributed by atoms with Gasteiger partial charge in [0.25, 0.3) is 0 Å². The summed E-state index contributed by atoms with van der Waals surface area (Å²) >= 11 is 0. The standard InChI is InChI=1S/C17H16FN3O2/c1-12(22)20-15-5-7-16(8-6-15)21-17(23)19-10-9-13-3-2-4-14(18)11-13/h2-11H,1H3,(H,20,22)(H2,19,21,23)/b10-9+. The Morgan fingerprint density at radius 1 is 1.00 bits per heavy atom. The maximum atomic E-state index is 13.0. The third kappa shape index (κ3) is 5.62. The molecule has 118 valence electrons. The van der Waals surface area contributed by atoms with Crippen molar-refractivity contribution < 1.29 is 14.0 Å². The molecule has 0 aromatic heterocycles. The van der Waals surface area contributed by atoms with Crippen molar-refractivity contribution in [3.8, 4) is 0 Å². The van der Waals surface area contributed by atoms with Crippen LogP contribution in [0.25, 0.3) is 6.08 Å². The summed E-state index contributed by atoms with van der Waals surface area (Å²) in [6, 6.07) is 12.3. The predicted octanol–water partition coefficient (Wildman–Crippen LogP) is 3.58. The lowest BCUT2D eigenvalue weighted by molar-refractivity contribution is -0.114. The highest BCUT2D eigenvalue weighted by Crippen LogP contribution is 2.13. The highest BCUT2D eigenvalue weighted by atomic mass is 19.1. The van der Waals surface area contributed by atoms with E-state index in [1.54, 1.807) is 42.5 Å². The molecule has 0 atom stereocenters. The number of carbonyl (C=O) groups excluding carboxylic acids is 2. The molecule has 0 aliphatic rings. The topological polar surface area (TPSA) is 70.2 Å². The van der Waals surface area contributed by atoms with E-state index >= 15 is 0 Å². The Labute approximate surface area is 133 Å². The molecule has 0 saturated heterocycles. The number of rotatable bonds is 4. The number of carbonyl (C=O) groups is 2. The highest BCUT2D eigenvalue weighted by molar-refractivity contribution is 5.91. The molecule has 3 N–H and O–H groups in total.